The SMILES string of the molecule is COC(=O)c1ccc(B(O)O)cc1Oc1ccccc1. The van der Waals surface area contributed by atoms with E-state index in [0.29, 0.717) is 5.75 Å². The molecule has 2 aromatic rings. The molecule has 6 heteroatoms. The third kappa shape index (κ3) is 3.17. The van der Waals surface area contributed by atoms with Crippen molar-refractivity contribution >= 4 is 18.6 Å². The van der Waals surface area contributed by atoms with E-state index in [1.807, 2.05) is 6.07 Å². The molecule has 2 aromatic carbocycles. The van der Waals surface area contributed by atoms with E-state index >= 15 is 0 Å². The maximum absolute atomic E-state index is 11.7. The highest BCUT2D eigenvalue weighted by Crippen LogP contribution is 2.24. The van der Waals surface area contributed by atoms with Crippen LogP contribution in [0.1, 0.15) is 10.4 Å². The second-order valence-electron chi connectivity index (χ2n) is 4.04. The molecule has 0 spiro atoms. The van der Waals surface area contributed by atoms with E-state index in [2.05, 4.69) is 4.74 Å². The van der Waals surface area contributed by atoms with Gasteiger partial charge >= 0.3 is 13.1 Å². The van der Waals surface area contributed by atoms with Crippen molar-refractivity contribution in [3.05, 3.63) is 54.1 Å². The Labute approximate surface area is 116 Å². The van der Waals surface area contributed by atoms with Gasteiger partial charge in [0.1, 0.15) is 17.1 Å². The van der Waals surface area contributed by atoms with Crippen LogP contribution in [0.4, 0.5) is 0 Å². The quantitative estimate of drug-likeness (QED) is 0.640. The highest BCUT2D eigenvalue weighted by molar-refractivity contribution is 6.58. The summed E-state index contributed by atoms with van der Waals surface area (Å²) < 4.78 is 10.3. The van der Waals surface area contributed by atoms with Crippen molar-refractivity contribution < 1.29 is 24.3 Å². The van der Waals surface area contributed by atoms with Crippen LogP contribution in [-0.2, 0) is 4.74 Å². The Balaban J connectivity index is 2.41. The van der Waals surface area contributed by atoms with Crippen LogP contribution in [0.25, 0.3) is 0 Å². The standard InChI is InChI=1S/C14H13BO5/c1-19-14(16)12-8-7-10(15(17)18)9-13(12)20-11-5-3-2-4-6-11/h2-9,17-18H,1H3. The van der Waals surface area contributed by atoms with E-state index in [1.165, 1.54) is 25.3 Å². The van der Waals surface area contributed by atoms with Gasteiger partial charge in [-0.25, -0.2) is 4.79 Å². The molecule has 0 saturated heterocycles. The number of esters is 1. The lowest BCUT2D eigenvalue weighted by Gasteiger charge is -2.11. The van der Waals surface area contributed by atoms with Crippen molar-refractivity contribution in [2.75, 3.05) is 7.11 Å². The smallest absolute Gasteiger partial charge is 0.465 e. The van der Waals surface area contributed by atoms with Gasteiger partial charge in [-0.1, -0.05) is 24.3 Å². The van der Waals surface area contributed by atoms with Crippen LogP contribution in [0.5, 0.6) is 11.5 Å². The van der Waals surface area contributed by atoms with E-state index in [9.17, 15) is 14.8 Å². The third-order valence-electron chi connectivity index (χ3n) is 2.68. The zero-order valence-corrected chi connectivity index (χ0v) is 10.8. The normalized spacial score (nSPS) is 9.95. The molecule has 102 valence electrons. The largest absolute Gasteiger partial charge is 0.488 e. The Morgan fingerprint density at radius 2 is 1.80 bits per heavy atom. The first kappa shape index (κ1) is 14.1. The molecule has 0 amide bonds. The molecule has 0 atom stereocenters. The number of carbonyl (C=O) groups is 1. The molecule has 2 rings (SSSR count). The number of methoxy groups -OCH3 is 1. The van der Waals surface area contributed by atoms with Gasteiger partial charge in [-0.2, -0.15) is 0 Å². The van der Waals surface area contributed by atoms with Gasteiger partial charge in [0.25, 0.3) is 0 Å². The molecular weight excluding hydrogens is 259 g/mol. The van der Waals surface area contributed by atoms with E-state index in [1.54, 1.807) is 24.3 Å². The predicted octanol–water partition coefficient (Wildman–Crippen LogP) is 0.945. The Kier molecular flexibility index (Phi) is 4.39. The van der Waals surface area contributed by atoms with E-state index < -0.39 is 13.1 Å². The van der Waals surface area contributed by atoms with Gasteiger partial charge < -0.3 is 19.5 Å². The molecule has 0 bridgehead atoms. The summed E-state index contributed by atoms with van der Waals surface area (Å²) in [7, 11) is -0.372. The zero-order valence-electron chi connectivity index (χ0n) is 10.8. The number of ether oxygens (including phenoxy) is 2. The second-order valence-corrected chi connectivity index (χ2v) is 4.04. The van der Waals surface area contributed by atoms with Crippen LogP contribution in [0.2, 0.25) is 0 Å². The number of benzene rings is 2. The monoisotopic (exact) mass is 272 g/mol. The van der Waals surface area contributed by atoms with Gasteiger partial charge in [0, 0.05) is 0 Å². The first-order valence-electron chi connectivity index (χ1n) is 5.93. The van der Waals surface area contributed by atoms with E-state index in [-0.39, 0.29) is 16.8 Å². The van der Waals surface area contributed by atoms with Gasteiger partial charge in [-0.05, 0) is 29.7 Å². The maximum Gasteiger partial charge on any atom is 0.488 e. The minimum Gasteiger partial charge on any atom is -0.465 e. The lowest BCUT2D eigenvalue weighted by Crippen LogP contribution is -2.30. The summed E-state index contributed by atoms with van der Waals surface area (Å²) in [6.45, 7) is 0. The second kappa shape index (κ2) is 6.23. The Morgan fingerprint density at radius 3 is 2.40 bits per heavy atom. The molecule has 0 aliphatic rings. The average molecular weight is 272 g/mol. The van der Waals surface area contributed by atoms with Gasteiger partial charge in [-0.15, -0.1) is 0 Å². The molecule has 2 N–H and O–H groups in total. The molecule has 0 unspecified atom stereocenters. The number of hydrogen-bond donors (Lipinski definition) is 2. The summed E-state index contributed by atoms with van der Waals surface area (Å²) in [6.07, 6.45) is 0. The van der Waals surface area contributed by atoms with E-state index in [4.69, 9.17) is 4.74 Å². The highest BCUT2D eigenvalue weighted by Gasteiger charge is 2.18. The number of rotatable bonds is 4. The molecule has 0 aromatic heterocycles. The first-order valence-corrected chi connectivity index (χ1v) is 5.93. The van der Waals surface area contributed by atoms with Crippen LogP contribution in [0.15, 0.2) is 48.5 Å². The van der Waals surface area contributed by atoms with Gasteiger partial charge in [-0.3, -0.25) is 0 Å². The van der Waals surface area contributed by atoms with Gasteiger partial charge in [0.05, 0.1) is 7.11 Å². The number of para-hydroxylation sites is 1. The predicted molar refractivity (Wildman–Crippen MR) is 74.1 cm³/mol. The summed E-state index contributed by atoms with van der Waals surface area (Å²) in [4.78, 5) is 11.7. The third-order valence-corrected chi connectivity index (χ3v) is 2.68. The summed E-state index contributed by atoms with van der Waals surface area (Å²) in [5, 5.41) is 18.4. The van der Waals surface area contributed by atoms with Crippen molar-refractivity contribution in [2.24, 2.45) is 0 Å². The Bertz CT molecular complexity index is 598. The average Bonchev–Trinajstić information content (AvgIpc) is 2.47. The Hall–Kier alpha value is -2.31. The lowest BCUT2D eigenvalue weighted by atomic mass is 9.80. The minimum atomic E-state index is -1.64. The molecule has 5 nitrogen and oxygen atoms in total. The van der Waals surface area contributed by atoms with E-state index in [0.717, 1.165) is 0 Å². The Morgan fingerprint density at radius 1 is 1.10 bits per heavy atom. The summed E-state index contributed by atoms with van der Waals surface area (Å²) in [6, 6.07) is 13.1. The topological polar surface area (TPSA) is 76.0 Å². The fourth-order valence-electron chi connectivity index (χ4n) is 1.68. The summed E-state index contributed by atoms with van der Waals surface area (Å²) >= 11 is 0. The van der Waals surface area contributed by atoms with Crippen molar-refractivity contribution in [3.8, 4) is 11.5 Å². The summed E-state index contributed by atoms with van der Waals surface area (Å²) in [5.74, 6) is 0.172. The van der Waals surface area contributed by atoms with Gasteiger partial charge in [0.15, 0.2) is 0 Å². The molecule has 20 heavy (non-hydrogen) atoms. The van der Waals surface area contributed by atoms with Crippen LogP contribution >= 0.6 is 0 Å². The number of hydrogen-bond acceptors (Lipinski definition) is 5. The van der Waals surface area contributed by atoms with Crippen molar-refractivity contribution in [1.82, 2.24) is 0 Å². The molecular formula is C14H13BO5. The fraction of sp³-hybridized carbons (Fsp3) is 0.0714. The summed E-state index contributed by atoms with van der Waals surface area (Å²) in [5.41, 5.74) is 0.435. The number of carbonyl (C=O) groups excluding carboxylic acids is 1. The van der Waals surface area contributed by atoms with Crippen LogP contribution < -0.4 is 10.2 Å². The van der Waals surface area contributed by atoms with Crippen molar-refractivity contribution in [2.45, 2.75) is 0 Å². The minimum absolute atomic E-state index is 0.202. The van der Waals surface area contributed by atoms with Gasteiger partial charge in [0.2, 0.25) is 0 Å². The first-order chi connectivity index (χ1) is 9.61. The maximum atomic E-state index is 11.7. The highest BCUT2D eigenvalue weighted by atomic mass is 16.5. The van der Waals surface area contributed by atoms with Crippen molar-refractivity contribution in [1.29, 1.82) is 0 Å². The van der Waals surface area contributed by atoms with Crippen LogP contribution in [-0.4, -0.2) is 30.2 Å². The zero-order chi connectivity index (χ0) is 14.5. The molecule has 0 heterocycles. The van der Waals surface area contributed by atoms with Crippen LogP contribution in [0.3, 0.4) is 0 Å². The molecule has 0 aliphatic heterocycles. The molecule has 0 fully saturated rings. The van der Waals surface area contributed by atoms with Crippen LogP contribution in [0, 0.1) is 0 Å². The lowest BCUT2D eigenvalue weighted by molar-refractivity contribution is 0.0598. The van der Waals surface area contributed by atoms with Crippen molar-refractivity contribution in [3.63, 3.8) is 0 Å². The molecule has 0 aliphatic carbocycles. The molecule has 0 saturated carbocycles. The molecule has 0 radical (unpaired) electrons. The fourth-order valence-corrected chi connectivity index (χ4v) is 1.68.